The van der Waals surface area contributed by atoms with Crippen LogP contribution in [-0.2, 0) is 12.5 Å². The van der Waals surface area contributed by atoms with Gasteiger partial charge in [0.05, 0.1) is 11.3 Å². The fraction of sp³-hybridized carbons (Fsp3) is 0.171. The molecule has 2 nitrogen and oxygen atoms in total. The first-order valence-electron chi connectivity index (χ1n) is 13.9. The van der Waals surface area contributed by atoms with Gasteiger partial charge in [0.25, 0.3) is 0 Å². The summed E-state index contributed by atoms with van der Waals surface area (Å²) >= 11 is 0. The highest BCUT2D eigenvalue weighted by Crippen LogP contribution is 2.36. The van der Waals surface area contributed by atoms with E-state index in [4.69, 9.17) is 4.74 Å². The fourth-order valence-corrected chi connectivity index (χ4v) is 4.79. The lowest BCUT2D eigenvalue weighted by Gasteiger charge is -2.19. The van der Waals surface area contributed by atoms with E-state index in [9.17, 15) is 26.3 Å². The third kappa shape index (κ3) is 6.77. The molecule has 0 saturated heterocycles. The van der Waals surface area contributed by atoms with E-state index < -0.39 is 46.5 Å². The Hall–Kier alpha value is -4.66. The van der Waals surface area contributed by atoms with Crippen molar-refractivity contribution < 1.29 is 35.5 Å². The van der Waals surface area contributed by atoms with Crippen LogP contribution in [0.1, 0.15) is 37.3 Å². The van der Waals surface area contributed by atoms with Gasteiger partial charge in [-0.05, 0) is 78.1 Å². The van der Waals surface area contributed by atoms with Crippen molar-refractivity contribution in [3.05, 3.63) is 131 Å². The Morgan fingerprint density at radius 1 is 0.636 bits per heavy atom. The first-order chi connectivity index (χ1) is 21.1. The number of aryl methyl sites for hydroxylation is 1. The quantitative estimate of drug-likeness (QED) is 0.0893. The highest BCUT2D eigenvalue weighted by Gasteiger charge is 2.35. The molecule has 5 rings (SSSR count). The van der Waals surface area contributed by atoms with Crippen LogP contribution >= 0.6 is 0 Å². The van der Waals surface area contributed by atoms with Gasteiger partial charge in [-0.25, -0.2) is 22.0 Å². The number of hydrogen-bond donors (Lipinski definition) is 0. The predicted molar refractivity (Wildman–Crippen MR) is 155 cm³/mol. The highest BCUT2D eigenvalue weighted by atomic mass is 19.3. The summed E-state index contributed by atoms with van der Waals surface area (Å²) < 4.78 is 105. The van der Waals surface area contributed by atoms with E-state index in [2.05, 4.69) is 11.9 Å². The maximum Gasteiger partial charge on any atom is 0.426 e. The Morgan fingerprint density at radius 2 is 1.25 bits per heavy atom. The van der Waals surface area contributed by atoms with Crippen molar-refractivity contribution in [1.29, 1.82) is 0 Å². The molecule has 0 spiro atoms. The van der Waals surface area contributed by atoms with Crippen molar-refractivity contribution in [3.8, 4) is 39.3 Å². The number of hydrogen-bond acceptors (Lipinski definition) is 2. The van der Waals surface area contributed by atoms with Gasteiger partial charge in [-0.2, -0.15) is 8.78 Å². The maximum absolute atomic E-state index is 15.1. The van der Waals surface area contributed by atoms with Crippen molar-refractivity contribution in [3.63, 3.8) is 0 Å². The number of pyridine rings is 1. The molecule has 1 heterocycles. The summed E-state index contributed by atoms with van der Waals surface area (Å²) in [6.45, 7) is 2.14. The van der Waals surface area contributed by atoms with Crippen LogP contribution in [-0.4, -0.2) is 4.98 Å². The Labute approximate surface area is 249 Å². The topological polar surface area (TPSA) is 22.1 Å². The van der Waals surface area contributed by atoms with Crippen molar-refractivity contribution in [1.82, 2.24) is 4.98 Å². The van der Waals surface area contributed by atoms with Crippen LogP contribution in [0.4, 0.5) is 30.7 Å². The second kappa shape index (κ2) is 12.9. The molecule has 0 aliphatic heterocycles. The van der Waals surface area contributed by atoms with E-state index in [1.54, 1.807) is 18.3 Å². The molecule has 0 aliphatic rings. The molecular weight excluding hydrogens is 583 g/mol. The van der Waals surface area contributed by atoms with Gasteiger partial charge in [-0.3, -0.25) is 4.98 Å². The molecule has 0 aliphatic carbocycles. The number of halogens is 7. The molecule has 0 fully saturated rings. The normalized spacial score (nSPS) is 11.5. The van der Waals surface area contributed by atoms with Gasteiger partial charge in [0, 0.05) is 29.0 Å². The zero-order chi connectivity index (χ0) is 31.4. The summed E-state index contributed by atoms with van der Waals surface area (Å²) in [5, 5.41) is 0. The maximum atomic E-state index is 15.1. The molecule has 0 bridgehead atoms. The van der Waals surface area contributed by atoms with E-state index in [1.165, 1.54) is 18.2 Å². The molecule has 0 atom stereocenters. The number of alkyl halides is 2. The van der Waals surface area contributed by atoms with Crippen LogP contribution < -0.4 is 4.74 Å². The van der Waals surface area contributed by atoms with Crippen molar-refractivity contribution >= 4 is 0 Å². The zero-order valence-electron chi connectivity index (χ0n) is 23.5. The van der Waals surface area contributed by atoms with Crippen LogP contribution in [0.2, 0.25) is 0 Å². The van der Waals surface area contributed by atoms with Gasteiger partial charge in [0.1, 0.15) is 17.4 Å². The second-order valence-electron chi connectivity index (χ2n) is 10.3. The van der Waals surface area contributed by atoms with Crippen LogP contribution in [0.25, 0.3) is 33.5 Å². The molecule has 1 aromatic heterocycles. The summed E-state index contributed by atoms with van der Waals surface area (Å²) in [4.78, 5) is 4.45. The largest absolute Gasteiger partial charge is 0.429 e. The van der Waals surface area contributed by atoms with Gasteiger partial charge in [0.15, 0.2) is 17.5 Å². The number of benzene rings is 4. The Bertz CT molecular complexity index is 1750. The highest BCUT2D eigenvalue weighted by molar-refractivity contribution is 5.70. The lowest BCUT2D eigenvalue weighted by Crippen LogP contribution is -2.21. The number of aromatic nitrogens is 1. The number of nitrogens with zero attached hydrogens (tertiary/aromatic N) is 1. The molecule has 4 aromatic carbocycles. The predicted octanol–water partition coefficient (Wildman–Crippen LogP) is 10.6. The van der Waals surface area contributed by atoms with Crippen LogP contribution in [0.5, 0.6) is 5.75 Å². The molecule has 0 unspecified atom stereocenters. The van der Waals surface area contributed by atoms with Gasteiger partial charge in [-0.15, -0.1) is 0 Å². The lowest BCUT2D eigenvalue weighted by molar-refractivity contribution is -0.185. The third-order valence-corrected chi connectivity index (χ3v) is 7.17. The molecule has 0 saturated carbocycles. The monoisotopic (exact) mass is 609 g/mol. The third-order valence-electron chi connectivity index (χ3n) is 7.17. The number of unbranched alkanes of at least 4 members (excludes halogenated alkanes) is 2. The smallest absolute Gasteiger partial charge is 0.426 e. The van der Waals surface area contributed by atoms with E-state index in [-0.39, 0.29) is 16.7 Å². The summed E-state index contributed by atoms with van der Waals surface area (Å²) in [5.41, 5.74) is 1.62. The van der Waals surface area contributed by atoms with E-state index >= 15 is 4.39 Å². The minimum Gasteiger partial charge on any atom is -0.429 e. The summed E-state index contributed by atoms with van der Waals surface area (Å²) in [5.74, 6) is -6.99. The summed E-state index contributed by atoms with van der Waals surface area (Å²) in [6.07, 6.45) is 2.16. The van der Waals surface area contributed by atoms with Crippen molar-refractivity contribution in [2.75, 3.05) is 0 Å². The van der Waals surface area contributed by atoms with Crippen LogP contribution in [0.3, 0.4) is 0 Å². The molecule has 0 N–H and O–H groups in total. The van der Waals surface area contributed by atoms with Crippen LogP contribution in [0.15, 0.2) is 91.1 Å². The van der Waals surface area contributed by atoms with Crippen LogP contribution in [0, 0.1) is 29.1 Å². The van der Waals surface area contributed by atoms with E-state index in [0.717, 1.165) is 55.5 Å². The van der Waals surface area contributed by atoms with Gasteiger partial charge >= 0.3 is 6.11 Å². The van der Waals surface area contributed by atoms with E-state index in [0.29, 0.717) is 35.0 Å². The molecule has 9 heteroatoms. The zero-order valence-corrected chi connectivity index (χ0v) is 23.5. The molecule has 0 radical (unpaired) electrons. The summed E-state index contributed by atoms with van der Waals surface area (Å²) in [6, 6.07) is 17.0. The standard InChI is InChI=1S/C35H26F7NO/c1-2-3-4-5-21-6-15-33(43-20-21)23-9-13-27(29(36)16-23)22-7-10-25(11-8-22)35(41,42)44-26-12-14-28(30(37)19-26)24-17-31(38)34(40)32(39)18-24/h6-20H,2-5H2,1H3. The van der Waals surface area contributed by atoms with Gasteiger partial charge in [0.2, 0.25) is 0 Å². The number of rotatable bonds is 10. The average Bonchev–Trinajstić information content (AvgIpc) is 3.00. The lowest BCUT2D eigenvalue weighted by atomic mass is 10.00. The van der Waals surface area contributed by atoms with Gasteiger partial charge in [-0.1, -0.05) is 50.1 Å². The fourth-order valence-electron chi connectivity index (χ4n) is 4.79. The average molecular weight is 610 g/mol. The van der Waals surface area contributed by atoms with Crippen molar-refractivity contribution in [2.24, 2.45) is 0 Å². The minimum atomic E-state index is -3.91. The summed E-state index contributed by atoms with van der Waals surface area (Å²) in [7, 11) is 0. The van der Waals surface area contributed by atoms with E-state index in [1.807, 2.05) is 12.1 Å². The second-order valence-corrected chi connectivity index (χ2v) is 10.3. The Morgan fingerprint density at radius 3 is 1.86 bits per heavy atom. The SMILES string of the molecule is CCCCCc1ccc(-c2ccc(-c3ccc(C(F)(F)Oc4ccc(-c5cc(F)c(F)c(F)c5)c(F)c4)cc3)c(F)c2)nc1. The minimum absolute atomic E-state index is 0.201. The Kier molecular flexibility index (Phi) is 9.04. The van der Waals surface area contributed by atoms with Gasteiger partial charge < -0.3 is 4.74 Å². The first-order valence-corrected chi connectivity index (χ1v) is 13.9. The molecule has 44 heavy (non-hydrogen) atoms. The first kappa shape index (κ1) is 30.8. The molecular formula is C35H26F7NO. The molecule has 5 aromatic rings. The molecule has 226 valence electrons. The Balaban J connectivity index is 1.29. The van der Waals surface area contributed by atoms with Crippen molar-refractivity contribution in [2.45, 2.75) is 38.7 Å². The molecule has 0 amide bonds. The number of ether oxygens (including phenoxy) is 1.